The molecule has 0 fully saturated rings. The first-order valence-corrected chi connectivity index (χ1v) is 5.49. The second-order valence-corrected chi connectivity index (χ2v) is 4.21. The third kappa shape index (κ3) is 2.43. The SMILES string of the molecule is Nc1cc(Cl)ccc1-c1ccccc1C(F)(F)F. The Balaban J connectivity index is 2.64. The van der Waals surface area contributed by atoms with Crippen molar-refractivity contribution in [3.8, 4) is 11.1 Å². The lowest BCUT2D eigenvalue weighted by Gasteiger charge is -2.14. The summed E-state index contributed by atoms with van der Waals surface area (Å²) in [5, 5.41) is 0.390. The normalized spacial score (nSPS) is 11.6. The van der Waals surface area contributed by atoms with E-state index in [1.165, 1.54) is 30.3 Å². The maximum Gasteiger partial charge on any atom is 0.417 e. The van der Waals surface area contributed by atoms with Crippen molar-refractivity contribution in [3.63, 3.8) is 0 Å². The third-order valence-electron chi connectivity index (χ3n) is 2.54. The Morgan fingerprint density at radius 1 is 0.944 bits per heavy atom. The molecule has 0 bridgehead atoms. The fourth-order valence-electron chi connectivity index (χ4n) is 1.74. The van der Waals surface area contributed by atoms with Gasteiger partial charge in [0.25, 0.3) is 0 Å². The molecule has 0 aromatic heterocycles. The van der Waals surface area contributed by atoms with Crippen molar-refractivity contribution < 1.29 is 13.2 Å². The topological polar surface area (TPSA) is 26.0 Å². The molecule has 0 spiro atoms. The predicted molar refractivity (Wildman–Crippen MR) is 66.3 cm³/mol. The van der Waals surface area contributed by atoms with Gasteiger partial charge >= 0.3 is 6.18 Å². The van der Waals surface area contributed by atoms with Crippen LogP contribution in [0.1, 0.15) is 5.56 Å². The molecule has 2 rings (SSSR count). The average molecular weight is 272 g/mol. The van der Waals surface area contributed by atoms with E-state index in [1.807, 2.05) is 0 Å². The molecular formula is C13H9ClF3N. The van der Waals surface area contributed by atoms with Gasteiger partial charge in [0.1, 0.15) is 0 Å². The highest BCUT2D eigenvalue weighted by molar-refractivity contribution is 6.31. The molecule has 18 heavy (non-hydrogen) atoms. The van der Waals surface area contributed by atoms with Crippen molar-refractivity contribution in [2.75, 3.05) is 5.73 Å². The molecule has 0 aliphatic rings. The van der Waals surface area contributed by atoms with Crippen molar-refractivity contribution in [3.05, 3.63) is 53.1 Å². The minimum Gasteiger partial charge on any atom is -0.398 e. The summed E-state index contributed by atoms with van der Waals surface area (Å²) < 4.78 is 38.6. The van der Waals surface area contributed by atoms with E-state index in [0.29, 0.717) is 10.6 Å². The van der Waals surface area contributed by atoms with Gasteiger partial charge in [-0.15, -0.1) is 0 Å². The van der Waals surface area contributed by atoms with E-state index in [1.54, 1.807) is 6.07 Å². The highest BCUT2D eigenvalue weighted by Crippen LogP contribution is 2.39. The zero-order chi connectivity index (χ0) is 13.3. The van der Waals surface area contributed by atoms with Crippen molar-refractivity contribution in [1.29, 1.82) is 0 Å². The third-order valence-corrected chi connectivity index (χ3v) is 2.77. The lowest BCUT2D eigenvalue weighted by Crippen LogP contribution is -2.07. The average Bonchev–Trinajstić information content (AvgIpc) is 2.28. The van der Waals surface area contributed by atoms with E-state index in [0.717, 1.165) is 6.07 Å². The Bertz CT molecular complexity index is 579. The maximum absolute atomic E-state index is 12.9. The van der Waals surface area contributed by atoms with E-state index >= 15 is 0 Å². The molecule has 0 radical (unpaired) electrons. The molecule has 2 N–H and O–H groups in total. The number of anilines is 1. The largest absolute Gasteiger partial charge is 0.417 e. The molecule has 0 aliphatic carbocycles. The Morgan fingerprint density at radius 2 is 1.61 bits per heavy atom. The van der Waals surface area contributed by atoms with Gasteiger partial charge in [0, 0.05) is 16.3 Å². The van der Waals surface area contributed by atoms with Crippen LogP contribution in [-0.4, -0.2) is 0 Å². The number of alkyl halides is 3. The van der Waals surface area contributed by atoms with Gasteiger partial charge in [0.2, 0.25) is 0 Å². The first-order chi connectivity index (χ1) is 8.39. The second kappa shape index (κ2) is 4.53. The molecule has 2 aromatic rings. The number of nitrogen functional groups attached to an aromatic ring is 1. The van der Waals surface area contributed by atoms with Gasteiger partial charge in [0.15, 0.2) is 0 Å². The van der Waals surface area contributed by atoms with E-state index in [9.17, 15) is 13.2 Å². The number of rotatable bonds is 1. The number of halogens is 4. The molecule has 0 saturated carbocycles. The monoisotopic (exact) mass is 271 g/mol. The van der Waals surface area contributed by atoms with Crippen molar-refractivity contribution in [2.24, 2.45) is 0 Å². The van der Waals surface area contributed by atoms with Crippen molar-refractivity contribution >= 4 is 17.3 Å². The quantitative estimate of drug-likeness (QED) is 0.753. The lowest BCUT2D eigenvalue weighted by molar-refractivity contribution is -0.137. The predicted octanol–water partition coefficient (Wildman–Crippen LogP) is 4.61. The minimum atomic E-state index is -4.41. The molecule has 0 unspecified atom stereocenters. The summed E-state index contributed by atoms with van der Waals surface area (Å²) in [6.07, 6.45) is -4.41. The Morgan fingerprint density at radius 3 is 2.22 bits per heavy atom. The number of hydrogen-bond acceptors (Lipinski definition) is 1. The lowest BCUT2D eigenvalue weighted by atomic mass is 9.98. The second-order valence-electron chi connectivity index (χ2n) is 3.77. The van der Waals surface area contributed by atoms with Crippen LogP contribution in [0.2, 0.25) is 5.02 Å². The maximum atomic E-state index is 12.9. The summed E-state index contributed by atoms with van der Waals surface area (Å²) in [5.41, 5.74) is 5.61. The van der Waals surface area contributed by atoms with Crippen molar-refractivity contribution in [2.45, 2.75) is 6.18 Å². The van der Waals surface area contributed by atoms with Crippen molar-refractivity contribution in [1.82, 2.24) is 0 Å². The number of hydrogen-bond donors (Lipinski definition) is 1. The molecule has 94 valence electrons. The molecule has 0 heterocycles. The van der Waals surface area contributed by atoms with E-state index < -0.39 is 11.7 Å². The summed E-state index contributed by atoms with van der Waals surface area (Å²) in [6.45, 7) is 0. The van der Waals surface area contributed by atoms with Crippen LogP contribution < -0.4 is 5.73 Å². The molecule has 0 aliphatic heterocycles. The Hall–Kier alpha value is -1.68. The number of nitrogens with two attached hydrogens (primary N) is 1. The first-order valence-electron chi connectivity index (χ1n) is 5.11. The van der Waals surface area contributed by atoms with Crippen LogP contribution >= 0.6 is 11.6 Å². The fourth-order valence-corrected chi connectivity index (χ4v) is 1.92. The molecule has 2 aromatic carbocycles. The van der Waals surface area contributed by atoms with Gasteiger partial charge in [-0.1, -0.05) is 35.9 Å². The Kier molecular flexibility index (Phi) is 3.22. The van der Waals surface area contributed by atoms with Crippen LogP contribution in [0.15, 0.2) is 42.5 Å². The first kappa shape index (κ1) is 12.8. The zero-order valence-electron chi connectivity index (χ0n) is 9.13. The minimum absolute atomic E-state index is 0.0548. The highest BCUT2D eigenvalue weighted by Gasteiger charge is 2.33. The smallest absolute Gasteiger partial charge is 0.398 e. The summed E-state index contributed by atoms with van der Waals surface area (Å²) in [4.78, 5) is 0. The van der Waals surface area contributed by atoms with Crippen LogP contribution in [-0.2, 0) is 6.18 Å². The van der Waals surface area contributed by atoms with Crippen LogP contribution in [0.5, 0.6) is 0 Å². The van der Waals surface area contributed by atoms with Gasteiger partial charge in [-0.05, 0) is 23.8 Å². The summed E-state index contributed by atoms with van der Waals surface area (Å²) in [5.74, 6) is 0. The van der Waals surface area contributed by atoms with E-state index in [2.05, 4.69) is 0 Å². The van der Waals surface area contributed by atoms with Crippen LogP contribution in [0, 0.1) is 0 Å². The molecule has 0 atom stereocenters. The standard InChI is InChI=1S/C13H9ClF3N/c14-8-5-6-10(12(18)7-8)9-3-1-2-4-11(9)13(15,16)17/h1-7H,18H2. The van der Waals surface area contributed by atoms with E-state index in [-0.39, 0.29) is 11.3 Å². The molecule has 0 saturated heterocycles. The summed E-state index contributed by atoms with van der Waals surface area (Å²) >= 11 is 5.73. The van der Waals surface area contributed by atoms with Crippen LogP contribution in [0.25, 0.3) is 11.1 Å². The molecule has 5 heteroatoms. The Labute approximate surface area is 107 Å². The van der Waals surface area contributed by atoms with Gasteiger partial charge in [0.05, 0.1) is 5.56 Å². The van der Waals surface area contributed by atoms with Crippen LogP contribution in [0.3, 0.4) is 0 Å². The molecule has 0 amide bonds. The zero-order valence-corrected chi connectivity index (χ0v) is 9.89. The number of benzene rings is 2. The highest BCUT2D eigenvalue weighted by atomic mass is 35.5. The van der Waals surface area contributed by atoms with Gasteiger partial charge < -0.3 is 5.73 Å². The van der Waals surface area contributed by atoms with Gasteiger partial charge in [-0.2, -0.15) is 13.2 Å². The fraction of sp³-hybridized carbons (Fsp3) is 0.0769. The van der Waals surface area contributed by atoms with Gasteiger partial charge in [-0.25, -0.2) is 0 Å². The van der Waals surface area contributed by atoms with Crippen LogP contribution in [0.4, 0.5) is 18.9 Å². The molecule has 1 nitrogen and oxygen atoms in total. The molecular weight excluding hydrogens is 263 g/mol. The summed E-state index contributed by atoms with van der Waals surface area (Å²) in [7, 11) is 0. The van der Waals surface area contributed by atoms with Gasteiger partial charge in [-0.3, -0.25) is 0 Å². The van der Waals surface area contributed by atoms with E-state index in [4.69, 9.17) is 17.3 Å². The summed E-state index contributed by atoms with van der Waals surface area (Å²) in [6, 6.07) is 9.75.